The van der Waals surface area contributed by atoms with Crippen molar-refractivity contribution in [2.75, 3.05) is 41.0 Å². The van der Waals surface area contributed by atoms with Crippen molar-refractivity contribution < 1.29 is 38.2 Å². The molecule has 1 N–H and O–H groups in total. The summed E-state index contributed by atoms with van der Waals surface area (Å²) >= 11 is 0. The summed E-state index contributed by atoms with van der Waals surface area (Å²) in [6.07, 6.45) is 38.8. The Kier molecular flexibility index (Phi) is 32.6. The molecule has 0 amide bonds. The second-order valence-electron chi connectivity index (χ2n) is 14.5. The highest BCUT2D eigenvalue weighted by Crippen LogP contribution is 2.13. The van der Waals surface area contributed by atoms with Crippen molar-refractivity contribution in [1.29, 1.82) is 0 Å². The lowest BCUT2D eigenvalue weighted by Gasteiger charge is -2.31. The summed E-state index contributed by atoms with van der Waals surface area (Å²) in [6.45, 7) is 4.55. The number of allylic oxidation sites excluding steroid dienone is 8. The molecule has 0 aliphatic rings. The number of hydrogen-bond acceptors (Lipinski definition) is 6. The molecule has 0 radical (unpaired) electrons. The van der Waals surface area contributed by atoms with Crippen LogP contribution in [0, 0.1) is 0 Å². The number of quaternary nitrogens is 1. The molecule has 51 heavy (non-hydrogen) atoms. The van der Waals surface area contributed by atoms with Gasteiger partial charge in [0.2, 0.25) is 0 Å². The fourth-order valence-corrected chi connectivity index (χ4v) is 5.61. The summed E-state index contributed by atoms with van der Waals surface area (Å²) in [5.41, 5.74) is 0. The van der Waals surface area contributed by atoms with Gasteiger partial charge < -0.3 is 23.8 Å². The summed E-state index contributed by atoms with van der Waals surface area (Å²) in [7, 11) is 5.51. The number of carbonyl (C=O) groups excluding carboxylic acids is 2. The predicted molar refractivity (Wildman–Crippen MR) is 211 cm³/mol. The molecule has 0 aliphatic heterocycles. The predicted octanol–water partition coefficient (Wildman–Crippen LogP) is 10.5. The van der Waals surface area contributed by atoms with Gasteiger partial charge in [0.1, 0.15) is 6.61 Å². The number of carbonyl (C=O) groups is 3. The van der Waals surface area contributed by atoms with E-state index in [2.05, 4.69) is 62.5 Å². The zero-order valence-electron chi connectivity index (χ0n) is 33.3. The second-order valence-corrected chi connectivity index (χ2v) is 14.5. The van der Waals surface area contributed by atoms with Crippen molar-refractivity contribution in [1.82, 2.24) is 0 Å². The number of rotatable bonds is 35. The van der Waals surface area contributed by atoms with Gasteiger partial charge in [-0.05, 0) is 51.4 Å². The number of esters is 2. The summed E-state index contributed by atoms with van der Waals surface area (Å²) in [4.78, 5) is 36.7. The summed E-state index contributed by atoms with van der Waals surface area (Å²) in [6, 6.07) is -0.614. The summed E-state index contributed by atoms with van der Waals surface area (Å²) in [5.74, 6) is -1.49. The molecule has 294 valence electrons. The second kappa shape index (κ2) is 34.4. The van der Waals surface area contributed by atoms with Crippen LogP contribution in [-0.2, 0) is 28.6 Å². The third-order valence-corrected chi connectivity index (χ3v) is 8.74. The first-order valence-electron chi connectivity index (χ1n) is 20.2. The number of nitrogens with zero attached hydrogens (tertiary/aromatic N) is 1. The first-order chi connectivity index (χ1) is 24.6. The lowest BCUT2D eigenvalue weighted by Crippen LogP contribution is -2.50. The van der Waals surface area contributed by atoms with E-state index in [-0.39, 0.29) is 36.2 Å². The zero-order chi connectivity index (χ0) is 37.8. The molecule has 0 spiro atoms. The van der Waals surface area contributed by atoms with Gasteiger partial charge in [-0.1, -0.05) is 133 Å². The molecule has 0 fully saturated rings. The lowest BCUT2D eigenvalue weighted by molar-refractivity contribution is -0.887. The average molecular weight is 719 g/mol. The van der Waals surface area contributed by atoms with Crippen molar-refractivity contribution in [2.45, 2.75) is 167 Å². The molecule has 0 aromatic rings. The molecule has 2 unspecified atom stereocenters. The highest BCUT2D eigenvalue weighted by atomic mass is 16.6. The number of unbranched alkanes of at least 4 members (excludes halogenated alkanes) is 13. The Morgan fingerprint density at radius 2 is 1.10 bits per heavy atom. The van der Waals surface area contributed by atoms with Crippen LogP contribution in [0.2, 0.25) is 0 Å². The molecule has 0 heterocycles. The van der Waals surface area contributed by atoms with Crippen LogP contribution in [0.25, 0.3) is 0 Å². The Morgan fingerprint density at radius 3 is 1.63 bits per heavy atom. The number of likely N-dealkylation sites (N-methyl/N-ethyl adjacent to an activating group) is 1. The maximum absolute atomic E-state index is 12.6. The van der Waals surface area contributed by atoms with Gasteiger partial charge in [0.25, 0.3) is 0 Å². The fourth-order valence-electron chi connectivity index (χ4n) is 5.61. The topological polar surface area (TPSA) is 99.1 Å². The van der Waals surface area contributed by atoms with Crippen LogP contribution in [-0.4, -0.2) is 80.6 Å². The number of carboxylic acids is 1. The minimum Gasteiger partial charge on any atom is -0.477 e. The molecule has 0 aromatic heterocycles. The minimum atomic E-state index is -0.879. The SMILES string of the molecule is CC/C=C/C/C=C/C/C=C/C/C=C/CCCCCCCCCC(=O)OCC(COCCC(C(=O)O)[N+](C)(C)C)OC(=O)CCCCCCCCC. The van der Waals surface area contributed by atoms with Crippen molar-refractivity contribution in [2.24, 2.45) is 0 Å². The molecule has 0 rings (SSSR count). The van der Waals surface area contributed by atoms with Crippen molar-refractivity contribution in [3.8, 4) is 0 Å². The third-order valence-electron chi connectivity index (χ3n) is 8.74. The Labute approximate surface area is 312 Å². The molecular formula is C43H76NO7+. The first-order valence-corrected chi connectivity index (χ1v) is 20.2. The third kappa shape index (κ3) is 32.9. The van der Waals surface area contributed by atoms with Crippen LogP contribution in [0.15, 0.2) is 48.6 Å². The number of aliphatic carboxylic acids is 1. The standard InChI is InChI=1S/C43H75NO7/c1-6-8-10-12-14-15-16-17-18-19-20-21-22-23-24-25-26-28-29-31-33-41(45)50-38-39(37-49-36-35-40(43(47)48)44(3,4)5)51-42(46)34-32-30-27-13-11-9-7-2/h8,10,14-15,17-18,20-21,39-40H,6-7,9,11-13,16,19,22-38H2,1-5H3/p+1/b10-8+,15-14+,18-17+,21-20+. The van der Waals surface area contributed by atoms with Gasteiger partial charge in [-0.15, -0.1) is 0 Å². The van der Waals surface area contributed by atoms with Gasteiger partial charge in [-0.2, -0.15) is 0 Å². The maximum Gasteiger partial charge on any atom is 0.362 e. The Bertz CT molecular complexity index is 979. The van der Waals surface area contributed by atoms with E-state index in [1.165, 1.54) is 51.4 Å². The Balaban J connectivity index is 4.25. The van der Waals surface area contributed by atoms with Crippen molar-refractivity contribution in [3.05, 3.63) is 48.6 Å². The van der Waals surface area contributed by atoms with Crippen LogP contribution in [0.1, 0.15) is 155 Å². The van der Waals surface area contributed by atoms with Gasteiger partial charge >= 0.3 is 17.9 Å². The molecule has 0 saturated carbocycles. The smallest absolute Gasteiger partial charge is 0.362 e. The van der Waals surface area contributed by atoms with Crippen LogP contribution in [0.5, 0.6) is 0 Å². The molecule has 0 saturated heterocycles. The van der Waals surface area contributed by atoms with Crippen molar-refractivity contribution >= 4 is 17.9 Å². The maximum atomic E-state index is 12.6. The molecule has 8 heteroatoms. The monoisotopic (exact) mass is 719 g/mol. The quantitative estimate of drug-likeness (QED) is 0.0301. The van der Waals surface area contributed by atoms with Gasteiger partial charge in [-0.25, -0.2) is 4.79 Å². The van der Waals surface area contributed by atoms with E-state index in [0.717, 1.165) is 70.6 Å². The van der Waals surface area contributed by atoms with Crippen LogP contribution >= 0.6 is 0 Å². The number of hydrogen-bond donors (Lipinski definition) is 1. The molecule has 8 nitrogen and oxygen atoms in total. The number of carboxylic acid groups (broad SMARTS) is 1. The van der Waals surface area contributed by atoms with E-state index in [0.29, 0.717) is 19.3 Å². The van der Waals surface area contributed by atoms with E-state index in [4.69, 9.17) is 14.2 Å². The lowest BCUT2D eigenvalue weighted by atomic mass is 10.1. The van der Waals surface area contributed by atoms with Gasteiger partial charge in [0.15, 0.2) is 12.1 Å². The minimum absolute atomic E-state index is 0.0570. The number of ether oxygens (including phenoxy) is 3. The van der Waals surface area contributed by atoms with Crippen LogP contribution in [0.3, 0.4) is 0 Å². The van der Waals surface area contributed by atoms with E-state index >= 15 is 0 Å². The van der Waals surface area contributed by atoms with Crippen molar-refractivity contribution in [3.63, 3.8) is 0 Å². The fraction of sp³-hybridized carbons (Fsp3) is 0.744. The zero-order valence-corrected chi connectivity index (χ0v) is 33.3. The van der Waals surface area contributed by atoms with E-state index in [1.807, 2.05) is 21.1 Å². The molecule has 2 atom stereocenters. The van der Waals surface area contributed by atoms with Gasteiger partial charge in [0, 0.05) is 19.3 Å². The van der Waals surface area contributed by atoms with Gasteiger partial charge in [0.05, 0.1) is 34.4 Å². The highest BCUT2D eigenvalue weighted by molar-refractivity contribution is 5.72. The summed E-state index contributed by atoms with van der Waals surface area (Å²) in [5, 5.41) is 9.57. The highest BCUT2D eigenvalue weighted by Gasteiger charge is 2.31. The molecule has 0 bridgehead atoms. The normalized spacial score (nSPS) is 13.5. The first kappa shape index (κ1) is 48.3. The Hall–Kier alpha value is -2.71. The van der Waals surface area contributed by atoms with Crippen LogP contribution < -0.4 is 0 Å². The molecule has 0 aliphatic carbocycles. The van der Waals surface area contributed by atoms with E-state index in [9.17, 15) is 19.5 Å². The van der Waals surface area contributed by atoms with E-state index in [1.54, 1.807) is 0 Å². The van der Waals surface area contributed by atoms with Gasteiger partial charge in [-0.3, -0.25) is 9.59 Å². The molecular weight excluding hydrogens is 642 g/mol. The largest absolute Gasteiger partial charge is 0.477 e. The van der Waals surface area contributed by atoms with Crippen LogP contribution in [0.4, 0.5) is 0 Å². The average Bonchev–Trinajstić information content (AvgIpc) is 3.08. The Morgan fingerprint density at radius 1 is 0.608 bits per heavy atom. The molecule has 0 aromatic carbocycles. The van der Waals surface area contributed by atoms with E-state index < -0.39 is 18.1 Å². The summed E-state index contributed by atoms with van der Waals surface area (Å²) < 4.78 is 17.1.